The lowest BCUT2D eigenvalue weighted by molar-refractivity contribution is -0.143. The Morgan fingerprint density at radius 3 is 2.34 bits per heavy atom. The lowest BCUT2D eigenvalue weighted by Crippen LogP contribution is -2.54. The van der Waals surface area contributed by atoms with E-state index in [1.54, 1.807) is 26.8 Å². The van der Waals surface area contributed by atoms with E-state index >= 15 is 0 Å². The van der Waals surface area contributed by atoms with Gasteiger partial charge in [-0.05, 0) is 52.2 Å². The average Bonchev–Trinajstić information content (AvgIpc) is 2.72. The van der Waals surface area contributed by atoms with Gasteiger partial charge >= 0.3 is 6.09 Å². The number of primary amides is 1. The number of aliphatic hydroxyl groups is 1. The van der Waals surface area contributed by atoms with E-state index in [4.69, 9.17) is 10.5 Å². The number of alkyl carbamates (subject to hydrolysis) is 1. The van der Waals surface area contributed by atoms with Crippen molar-refractivity contribution >= 4 is 23.8 Å². The van der Waals surface area contributed by atoms with Crippen molar-refractivity contribution in [1.82, 2.24) is 15.5 Å². The minimum atomic E-state index is -1.38. The maximum atomic E-state index is 13.7. The van der Waals surface area contributed by atoms with Crippen LogP contribution in [0.15, 0.2) is 18.2 Å². The third kappa shape index (κ3) is 9.94. The molecule has 1 aromatic rings. The molecule has 1 aromatic carbocycles. The molecule has 0 spiro atoms. The van der Waals surface area contributed by atoms with E-state index in [0.29, 0.717) is 12.1 Å². The Kier molecular flexibility index (Phi) is 11.7. The van der Waals surface area contributed by atoms with Crippen LogP contribution in [0, 0.1) is 13.8 Å². The molecule has 0 aliphatic carbocycles. The van der Waals surface area contributed by atoms with Crippen molar-refractivity contribution in [1.29, 1.82) is 0 Å². The lowest BCUT2D eigenvalue weighted by atomic mass is 9.96. The summed E-state index contributed by atoms with van der Waals surface area (Å²) in [7, 11) is 0. The Bertz CT molecular complexity index is 896. The van der Waals surface area contributed by atoms with E-state index in [0.717, 1.165) is 24.0 Å². The number of aliphatic hydroxyl groups excluding tert-OH is 1. The van der Waals surface area contributed by atoms with E-state index in [1.165, 1.54) is 4.90 Å². The van der Waals surface area contributed by atoms with Gasteiger partial charge in [-0.1, -0.05) is 37.1 Å². The number of benzene rings is 1. The highest BCUT2D eigenvalue weighted by Crippen LogP contribution is 2.26. The summed E-state index contributed by atoms with van der Waals surface area (Å²) < 4.78 is 5.23. The number of carbonyl (C=O) groups is 4. The third-order valence-corrected chi connectivity index (χ3v) is 5.13. The second-order valence-electron chi connectivity index (χ2n) is 9.53. The molecule has 5 N–H and O–H groups in total. The summed E-state index contributed by atoms with van der Waals surface area (Å²) in [5, 5.41) is 15.0. The molecule has 0 heterocycles. The van der Waals surface area contributed by atoms with Crippen molar-refractivity contribution < 1.29 is 29.0 Å². The highest BCUT2D eigenvalue weighted by atomic mass is 16.6. The summed E-state index contributed by atoms with van der Waals surface area (Å²) in [4.78, 5) is 52.3. The molecule has 0 saturated heterocycles. The first-order valence-corrected chi connectivity index (χ1v) is 11.8. The first-order chi connectivity index (χ1) is 16.3. The third-order valence-electron chi connectivity index (χ3n) is 5.13. The molecular weight excluding hydrogens is 452 g/mol. The summed E-state index contributed by atoms with van der Waals surface area (Å²) >= 11 is 0. The molecule has 2 unspecified atom stereocenters. The topological polar surface area (TPSA) is 151 Å². The van der Waals surface area contributed by atoms with Gasteiger partial charge < -0.3 is 31.1 Å². The predicted molar refractivity (Wildman–Crippen MR) is 132 cm³/mol. The van der Waals surface area contributed by atoms with Crippen LogP contribution in [0.1, 0.15) is 69.7 Å². The molecule has 0 aromatic heterocycles. The number of aryl methyl sites for hydroxylation is 2. The number of hydrogen-bond acceptors (Lipinski definition) is 6. The van der Waals surface area contributed by atoms with Gasteiger partial charge in [-0.2, -0.15) is 0 Å². The highest BCUT2D eigenvalue weighted by Gasteiger charge is 2.37. The number of unbranched alkanes of at least 4 members (excludes halogenated alkanes) is 1. The highest BCUT2D eigenvalue weighted by molar-refractivity contribution is 5.94. The number of hydrogen-bond donors (Lipinski definition) is 4. The van der Waals surface area contributed by atoms with Crippen molar-refractivity contribution in [2.45, 2.75) is 78.5 Å². The number of carbonyl (C=O) groups excluding carboxylic acids is 4. The normalized spacial score (nSPS) is 12.9. The average molecular weight is 493 g/mol. The summed E-state index contributed by atoms with van der Waals surface area (Å²) in [6.07, 6.45) is 0.214. The molecule has 35 heavy (non-hydrogen) atoms. The fourth-order valence-corrected chi connectivity index (χ4v) is 3.59. The monoisotopic (exact) mass is 492 g/mol. The molecule has 1 rings (SSSR count). The van der Waals surface area contributed by atoms with Crippen LogP contribution in [0.25, 0.3) is 0 Å². The first-order valence-electron chi connectivity index (χ1n) is 11.8. The Hall–Kier alpha value is -3.14. The van der Waals surface area contributed by atoms with Gasteiger partial charge in [-0.25, -0.2) is 4.79 Å². The molecule has 0 radical (unpaired) electrons. The summed E-state index contributed by atoms with van der Waals surface area (Å²) in [6, 6.07) is 3.00. The van der Waals surface area contributed by atoms with E-state index in [1.807, 2.05) is 32.9 Å². The standard InChI is InChI=1S/C25H40N4O6/c1-7-8-11-27-22(32)21(18-10-9-16(2)14-17(18)3)29(12-13-30)23(33)19(15-20(26)31)28-24(34)35-25(4,5)6/h9-10,14,19,21,30H,7-8,11-13,15H2,1-6H3,(H2,26,31)(H,27,32)(H,28,34). The van der Waals surface area contributed by atoms with Gasteiger partial charge in [0.05, 0.1) is 13.0 Å². The van der Waals surface area contributed by atoms with Gasteiger partial charge in [-0.3, -0.25) is 14.4 Å². The number of nitrogens with zero attached hydrogens (tertiary/aromatic N) is 1. The van der Waals surface area contributed by atoms with E-state index < -0.39 is 54.5 Å². The SMILES string of the molecule is CCCCNC(=O)C(c1ccc(C)cc1C)N(CCO)C(=O)C(CC(N)=O)NC(=O)OC(C)(C)C. The second-order valence-corrected chi connectivity index (χ2v) is 9.53. The molecular formula is C25H40N4O6. The fourth-order valence-electron chi connectivity index (χ4n) is 3.59. The largest absolute Gasteiger partial charge is 0.444 e. The number of amides is 4. The molecule has 10 heteroatoms. The summed E-state index contributed by atoms with van der Waals surface area (Å²) in [5.41, 5.74) is 6.84. The number of nitrogens with two attached hydrogens (primary N) is 1. The zero-order valence-corrected chi connectivity index (χ0v) is 21.6. The quantitative estimate of drug-likeness (QED) is 0.327. The van der Waals surface area contributed by atoms with Gasteiger partial charge in [-0.15, -0.1) is 0 Å². The van der Waals surface area contributed by atoms with Gasteiger partial charge in [0.1, 0.15) is 17.7 Å². The first kappa shape index (κ1) is 29.9. The van der Waals surface area contributed by atoms with E-state index in [9.17, 15) is 24.3 Å². The molecule has 2 atom stereocenters. The molecule has 0 aliphatic rings. The smallest absolute Gasteiger partial charge is 0.408 e. The Morgan fingerprint density at radius 2 is 1.83 bits per heavy atom. The lowest BCUT2D eigenvalue weighted by Gasteiger charge is -2.34. The van der Waals surface area contributed by atoms with Gasteiger partial charge in [0.25, 0.3) is 0 Å². The van der Waals surface area contributed by atoms with Crippen molar-refractivity contribution in [3.05, 3.63) is 34.9 Å². The Balaban J connectivity index is 3.45. The van der Waals surface area contributed by atoms with Crippen LogP contribution in [0.2, 0.25) is 0 Å². The van der Waals surface area contributed by atoms with Gasteiger partial charge in [0, 0.05) is 13.1 Å². The molecule has 0 aliphatic heterocycles. The Morgan fingerprint density at radius 1 is 1.17 bits per heavy atom. The van der Waals surface area contributed by atoms with Crippen molar-refractivity contribution in [3.8, 4) is 0 Å². The van der Waals surface area contributed by atoms with Crippen LogP contribution >= 0.6 is 0 Å². The van der Waals surface area contributed by atoms with Gasteiger partial charge in [0.15, 0.2) is 0 Å². The Labute approximate surface area is 207 Å². The van der Waals surface area contributed by atoms with Crippen LogP contribution in [-0.2, 0) is 19.1 Å². The van der Waals surface area contributed by atoms with Crippen LogP contribution in [0.3, 0.4) is 0 Å². The van der Waals surface area contributed by atoms with Gasteiger partial charge in [0.2, 0.25) is 17.7 Å². The molecule has 4 amide bonds. The zero-order valence-electron chi connectivity index (χ0n) is 21.6. The number of rotatable bonds is 12. The van der Waals surface area contributed by atoms with Crippen molar-refractivity contribution in [3.63, 3.8) is 0 Å². The number of nitrogens with one attached hydrogen (secondary N) is 2. The van der Waals surface area contributed by atoms with Crippen molar-refractivity contribution in [2.75, 3.05) is 19.7 Å². The maximum absolute atomic E-state index is 13.7. The summed E-state index contributed by atoms with van der Waals surface area (Å²) in [5.74, 6) is -1.99. The fraction of sp³-hybridized carbons (Fsp3) is 0.600. The minimum absolute atomic E-state index is 0.205. The van der Waals surface area contributed by atoms with E-state index in [2.05, 4.69) is 10.6 Å². The molecule has 0 bridgehead atoms. The predicted octanol–water partition coefficient (Wildman–Crippen LogP) is 1.85. The van der Waals surface area contributed by atoms with Crippen LogP contribution in [0.4, 0.5) is 4.79 Å². The minimum Gasteiger partial charge on any atom is -0.444 e. The van der Waals surface area contributed by atoms with Crippen molar-refractivity contribution in [2.24, 2.45) is 5.73 Å². The van der Waals surface area contributed by atoms with Crippen LogP contribution < -0.4 is 16.4 Å². The van der Waals surface area contributed by atoms with Crippen LogP contribution in [-0.4, -0.2) is 65.2 Å². The molecule has 196 valence electrons. The summed E-state index contributed by atoms with van der Waals surface area (Å²) in [6.45, 7) is 10.5. The van der Waals surface area contributed by atoms with Crippen LogP contribution in [0.5, 0.6) is 0 Å². The molecule has 0 saturated carbocycles. The number of ether oxygens (including phenoxy) is 1. The maximum Gasteiger partial charge on any atom is 0.408 e. The second kappa shape index (κ2) is 13.7. The molecule has 0 fully saturated rings. The molecule has 10 nitrogen and oxygen atoms in total. The zero-order chi connectivity index (χ0) is 26.8. The van der Waals surface area contributed by atoms with E-state index in [-0.39, 0.29) is 6.54 Å².